The summed E-state index contributed by atoms with van der Waals surface area (Å²) in [7, 11) is 0. The molecule has 0 saturated carbocycles. The number of benzene rings is 1. The van der Waals surface area contributed by atoms with Crippen LogP contribution in [0.3, 0.4) is 0 Å². The van der Waals surface area contributed by atoms with Crippen LogP contribution in [-0.4, -0.2) is 27.6 Å². The van der Waals surface area contributed by atoms with Crippen LogP contribution in [0.15, 0.2) is 24.5 Å². The van der Waals surface area contributed by atoms with Gasteiger partial charge < -0.3 is 10.4 Å². The van der Waals surface area contributed by atoms with Crippen molar-refractivity contribution >= 4 is 34.3 Å². The minimum Gasteiger partial charge on any atom is -0.481 e. The second kappa shape index (κ2) is 7.05. The van der Waals surface area contributed by atoms with Crippen LogP contribution in [0.1, 0.15) is 25.7 Å². The van der Waals surface area contributed by atoms with E-state index in [0.717, 1.165) is 36.1 Å². The van der Waals surface area contributed by atoms with Gasteiger partial charge in [0.25, 0.3) is 0 Å². The zero-order valence-corrected chi connectivity index (χ0v) is 11.7. The highest BCUT2D eigenvalue weighted by molar-refractivity contribution is 6.31. The molecular weight excluding hydrogens is 278 g/mol. The Hall–Kier alpha value is -1.88. The quantitative estimate of drug-likeness (QED) is 0.766. The number of hydrogen-bond acceptors (Lipinski definition) is 4. The van der Waals surface area contributed by atoms with Gasteiger partial charge in [-0.25, -0.2) is 9.97 Å². The number of halogens is 1. The van der Waals surface area contributed by atoms with Gasteiger partial charge in [0, 0.05) is 23.4 Å². The van der Waals surface area contributed by atoms with Gasteiger partial charge in [-0.05, 0) is 31.0 Å². The number of carboxylic acids is 1. The Morgan fingerprint density at radius 2 is 2.10 bits per heavy atom. The highest BCUT2D eigenvalue weighted by atomic mass is 35.5. The van der Waals surface area contributed by atoms with Gasteiger partial charge in [-0.2, -0.15) is 0 Å². The van der Waals surface area contributed by atoms with Crippen molar-refractivity contribution < 1.29 is 9.90 Å². The Bertz CT molecular complexity index is 604. The molecule has 0 saturated heterocycles. The van der Waals surface area contributed by atoms with Gasteiger partial charge in [-0.15, -0.1) is 0 Å². The number of carboxylic acid groups (broad SMARTS) is 1. The topological polar surface area (TPSA) is 75.1 Å². The predicted molar refractivity (Wildman–Crippen MR) is 79.1 cm³/mol. The summed E-state index contributed by atoms with van der Waals surface area (Å²) in [4.78, 5) is 18.8. The molecule has 2 aromatic rings. The lowest BCUT2D eigenvalue weighted by Crippen LogP contribution is -2.04. The first-order valence-corrected chi connectivity index (χ1v) is 6.90. The predicted octanol–water partition coefficient (Wildman–Crippen LogP) is 3.34. The highest BCUT2D eigenvalue weighted by Crippen LogP contribution is 2.22. The summed E-state index contributed by atoms with van der Waals surface area (Å²) in [6.07, 6.45) is 4.23. The zero-order chi connectivity index (χ0) is 14.4. The van der Waals surface area contributed by atoms with Crippen LogP contribution in [0, 0.1) is 0 Å². The van der Waals surface area contributed by atoms with Crippen molar-refractivity contribution in [2.24, 2.45) is 0 Å². The number of aliphatic carboxylic acids is 1. The fraction of sp³-hybridized carbons (Fsp3) is 0.357. The molecule has 6 heteroatoms. The summed E-state index contributed by atoms with van der Waals surface area (Å²) in [5.74, 6) is 0.0186. The average Bonchev–Trinajstić information content (AvgIpc) is 2.42. The molecule has 1 heterocycles. The standard InChI is InChI=1S/C14H16ClN3O2/c15-10-5-6-12-11(8-10)14(18-9-17-12)16-7-3-1-2-4-13(19)20/h5-6,8-9H,1-4,7H2,(H,19,20)(H,16,17,18). The number of carbonyl (C=O) groups is 1. The van der Waals surface area contributed by atoms with Gasteiger partial charge in [-0.3, -0.25) is 4.79 Å². The molecule has 0 bridgehead atoms. The van der Waals surface area contributed by atoms with E-state index < -0.39 is 5.97 Å². The summed E-state index contributed by atoms with van der Waals surface area (Å²) >= 11 is 5.98. The van der Waals surface area contributed by atoms with Crippen molar-refractivity contribution in [2.45, 2.75) is 25.7 Å². The Morgan fingerprint density at radius 1 is 1.25 bits per heavy atom. The van der Waals surface area contributed by atoms with Crippen molar-refractivity contribution in [3.05, 3.63) is 29.5 Å². The van der Waals surface area contributed by atoms with Gasteiger partial charge in [-0.1, -0.05) is 18.0 Å². The monoisotopic (exact) mass is 293 g/mol. The summed E-state index contributed by atoms with van der Waals surface area (Å²) in [5, 5.41) is 13.3. The van der Waals surface area contributed by atoms with Crippen molar-refractivity contribution in [1.82, 2.24) is 9.97 Å². The van der Waals surface area contributed by atoms with Crippen molar-refractivity contribution in [3.63, 3.8) is 0 Å². The average molecular weight is 294 g/mol. The maximum atomic E-state index is 10.4. The lowest BCUT2D eigenvalue weighted by Gasteiger charge is -2.08. The third-order valence-corrected chi connectivity index (χ3v) is 3.19. The largest absolute Gasteiger partial charge is 0.481 e. The molecule has 0 spiro atoms. The van der Waals surface area contributed by atoms with Crippen molar-refractivity contribution in [3.8, 4) is 0 Å². The molecule has 1 aromatic heterocycles. The number of rotatable bonds is 7. The summed E-state index contributed by atoms with van der Waals surface area (Å²) in [6, 6.07) is 5.49. The molecule has 2 rings (SSSR count). The van der Waals surface area contributed by atoms with Crippen LogP contribution in [0.4, 0.5) is 5.82 Å². The van der Waals surface area contributed by atoms with Crippen LogP contribution in [0.25, 0.3) is 10.9 Å². The van der Waals surface area contributed by atoms with E-state index in [9.17, 15) is 4.79 Å². The summed E-state index contributed by atoms with van der Waals surface area (Å²) in [6.45, 7) is 0.748. The van der Waals surface area contributed by atoms with E-state index in [1.165, 1.54) is 6.33 Å². The third-order valence-electron chi connectivity index (χ3n) is 2.96. The first kappa shape index (κ1) is 14.5. The van der Waals surface area contributed by atoms with E-state index in [2.05, 4.69) is 15.3 Å². The number of hydrogen-bond donors (Lipinski definition) is 2. The molecular formula is C14H16ClN3O2. The van der Waals surface area contributed by atoms with E-state index in [1.807, 2.05) is 12.1 Å². The van der Waals surface area contributed by atoms with Gasteiger partial charge in [0.05, 0.1) is 5.52 Å². The van der Waals surface area contributed by atoms with Gasteiger partial charge in [0.1, 0.15) is 12.1 Å². The zero-order valence-electron chi connectivity index (χ0n) is 11.0. The summed E-state index contributed by atoms with van der Waals surface area (Å²) in [5.41, 5.74) is 0.845. The molecule has 1 aromatic carbocycles. The molecule has 0 unspecified atom stereocenters. The maximum Gasteiger partial charge on any atom is 0.303 e. The second-order valence-electron chi connectivity index (χ2n) is 4.51. The Labute approximate surface area is 122 Å². The number of fused-ring (bicyclic) bond motifs is 1. The Balaban J connectivity index is 1.90. The van der Waals surface area contributed by atoms with Crippen LogP contribution in [0.5, 0.6) is 0 Å². The maximum absolute atomic E-state index is 10.4. The van der Waals surface area contributed by atoms with Crippen LogP contribution < -0.4 is 5.32 Å². The Kier molecular flexibility index (Phi) is 5.12. The lowest BCUT2D eigenvalue weighted by molar-refractivity contribution is -0.137. The fourth-order valence-electron chi connectivity index (χ4n) is 1.95. The minimum atomic E-state index is -0.741. The van der Waals surface area contributed by atoms with E-state index in [4.69, 9.17) is 16.7 Å². The number of unbranched alkanes of at least 4 members (excludes halogenated alkanes) is 2. The number of aromatic nitrogens is 2. The number of nitrogens with zero attached hydrogens (tertiary/aromatic N) is 2. The molecule has 2 N–H and O–H groups in total. The van der Waals surface area contributed by atoms with Crippen molar-refractivity contribution in [1.29, 1.82) is 0 Å². The van der Waals surface area contributed by atoms with Crippen LogP contribution in [-0.2, 0) is 4.79 Å². The number of nitrogens with one attached hydrogen (secondary N) is 1. The SMILES string of the molecule is O=C(O)CCCCCNc1ncnc2ccc(Cl)cc12. The first-order chi connectivity index (χ1) is 9.66. The molecule has 0 aliphatic rings. The minimum absolute atomic E-state index is 0.228. The molecule has 5 nitrogen and oxygen atoms in total. The molecule has 0 fully saturated rings. The molecule has 0 aliphatic heterocycles. The molecule has 0 radical (unpaired) electrons. The van der Waals surface area contributed by atoms with Gasteiger partial charge in [0.15, 0.2) is 0 Å². The fourth-order valence-corrected chi connectivity index (χ4v) is 2.13. The van der Waals surface area contributed by atoms with Crippen LogP contribution >= 0.6 is 11.6 Å². The smallest absolute Gasteiger partial charge is 0.303 e. The van der Waals surface area contributed by atoms with E-state index in [-0.39, 0.29) is 6.42 Å². The summed E-state index contributed by atoms with van der Waals surface area (Å²) < 4.78 is 0. The molecule has 0 amide bonds. The van der Waals surface area contributed by atoms with Gasteiger partial charge in [0.2, 0.25) is 0 Å². The van der Waals surface area contributed by atoms with Crippen molar-refractivity contribution in [2.75, 3.05) is 11.9 Å². The van der Waals surface area contributed by atoms with Crippen LogP contribution in [0.2, 0.25) is 5.02 Å². The number of anilines is 1. The lowest BCUT2D eigenvalue weighted by atomic mass is 10.2. The molecule has 106 valence electrons. The van der Waals surface area contributed by atoms with Gasteiger partial charge >= 0.3 is 5.97 Å². The van der Waals surface area contributed by atoms with E-state index in [0.29, 0.717) is 11.4 Å². The van der Waals surface area contributed by atoms with E-state index in [1.54, 1.807) is 6.07 Å². The molecule has 0 aliphatic carbocycles. The first-order valence-electron chi connectivity index (χ1n) is 6.53. The second-order valence-corrected chi connectivity index (χ2v) is 4.95. The van der Waals surface area contributed by atoms with E-state index >= 15 is 0 Å². The highest BCUT2D eigenvalue weighted by Gasteiger charge is 2.04. The third kappa shape index (κ3) is 4.06. The Morgan fingerprint density at radius 3 is 2.90 bits per heavy atom. The normalized spacial score (nSPS) is 10.7. The molecule has 0 atom stereocenters. The molecule has 20 heavy (non-hydrogen) atoms.